The largest absolute Gasteiger partial charge is 0.493 e. The summed E-state index contributed by atoms with van der Waals surface area (Å²) in [5, 5.41) is 4.43. The number of nitrogens with zero attached hydrogens (tertiary/aromatic N) is 1. The van der Waals surface area contributed by atoms with Crippen LogP contribution in [-0.2, 0) is 29.1 Å². The fourth-order valence-electron chi connectivity index (χ4n) is 3.63. The molecule has 9 heteroatoms. The molecule has 0 aromatic heterocycles. The molecule has 0 bridgehead atoms. The maximum Gasteiger partial charge on any atom is 0.242 e. The first-order chi connectivity index (χ1) is 17.2. The van der Waals surface area contributed by atoms with E-state index in [1.165, 1.54) is 7.11 Å². The number of nitrogens with one attached hydrogen (secondary N) is 1. The topological polar surface area (TPSA) is 67.9 Å². The Bertz CT molecular complexity index is 1220. The number of carbonyl (C=O) groups is 2. The lowest BCUT2D eigenvalue weighted by Gasteiger charge is -2.29. The molecular weight excluding hydrogens is 523 g/mol. The van der Waals surface area contributed by atoms with E-state index in [1.54, 1.807) is 67.5 Å². The zero-order chi connectivity index (χ0) is 26.2. The van der Waals surface area contributed by atoms with Crippen LogP contribution in [0.25, 0.3) is 0 Å². The summed E-state index contributed by atoms with van der Waals surface area (Å²) in [6.07, 6.45) is 0.0780. The van der Waals surface area contributed by atoms with Gasteiger partial charge in [-0.05, 0) is 60.0 Å². The van der Waals surface area contributed by atoms with Gasteiger partial charge in [0.2, 0.25) is 11.8 Å². The number of amides is 2. The predicted molar refractivity (Wildman–Crippen MR) is 143 cm³/mol. The molecule has 0 spiro atoms. The number of halogens is 3. The summed E-state index contributed by atoms with van der Waals surface area (Å²) < 4.78 is 10.6. The molecule has 3 aromatic rings. The Hall–Kier alpha value is -2.93. The molecular formula is C27H27Cl3N2O4. The van der Waals surface area contributed by atoms with Crippen LogP contribution in [-0.4, -0.2) is 37.0 Å². The van der Waals surface area contributed by atoms with Crippen molar-refractivity contribution in [1.29, 1.82) is 0 Å². The van der Waals surface area contributed by atoms with Crippen LogP contribution in [0.15, 0.2) is 60.7 Å². The molecule has 0 heterocycles. The molecule has 6 nitrogen and oxygen atoms in total. The van der Waals surface area contributed by atoms with E-state index in [0.717, 1.165) is 16.7 Å². The second kappa shape index (κ2) is 12.9. The van der Waals surface area contributed by atoms with Gasteiger partial charge in [0, 0.05) is 28.2 Å². The lowest BCUT2D eigenvalue weighted by molar-refractivity contribution is -0.140. The maximum atomic E-state index is 13.5. The summed E-state index contributed by atoms with van der Waals surface area (Å²) in [6.45, 7) is 2.14. The molecule has 190 valence electrons. The molecule has 1 atom stereocenters. The van der Waals surface area contributed by atoms with Gasteiger partial charge in [-0.3, -0.25) is 9.59 Å². The fourth-order valence-corrected chi connectivity index (χ4v) is 4.23. The Morgan fingerprint density at radius 2 is 1.50 bits per heavy atom. The van der Waals surface area contributed by atoms with Crippen molar-refractivity contribution in [3.8, 4) is 11.5 Å². The molecule has 0 aliphatic carbocycles. The first-order valence-electron chi connectivity index (χ1n) is 11.2. The average Bonchev–Trinajstić information content (AvgIpc) is 2.87. The zero-order valence-corrected chi connectivity index (χ0v) is 22.5. The monoisotopic (exact) mass is 548 g/mol. The number of carbonyl (C=O) groups excluding carboxylic acids is 2. The van der Waals surface area contributed by atoms with Crippen LogP contribution < -0.4 is 14.8 Å². The van der Waals surface area contributed by atoms with E-state index in [9.17, 15) is 9.59 Å². The standard InChI is InChI=1S/C27H27Cl3N2O4/c1-17(27(34)31-15-20-7-10-22(29)14-23(20)30)32(16-18-4-8-21(28)9-5-18)26(33)13-19-6-11-24(35-2)25(12-19)36-3/h4-12,14,17H,13,15-16H2,1-3H3,(H,31,34). The highest BCUT2D eigenvalue weighted by molar-refractivity contribution is 6.35. The van der Waals surface area contributed by atoms with Gasteiger partial charge in [0.15, 0.2) is 11.5 Å². The minimum absolute atomic E-state index is 0.0780. The van der Waals surface area contributed by atoms with Crippen molar-refractivity contribution < 1.29 is 19.1 Å². The first-order valence-corrected chi connectivity index (χ1v) is 12.3. The normalized spacial score (nSPS) is 11.5. The first kappa shape index (κ1) is 27.7. The van der Waals surface area contributed by atoms with Crippen LogP contribution in [0, 0.1) is 0 Å². The molecule has 0 saturated heterocycles. The number of hydrogen-bond donors (Lipinski definition) is 1. The van der Waals surface area contributed by atoms with Crippen molar-refractivity contribution in [1.82, 2.24) is 10.2 Å². The summed E-state index contributed by atoms with van der Waals surface area (Å²) in [4.78, 5) is 28.1. The highest BCUT2D eigenvalue weighted by Crippen LogP contribution is 2.28. The second-order valence-electron chi connectivity index (χ2n) is 8.14. The molecule has 1 unspecified atom stereocenters. The van der Waals surface area contributed by atoms with Crippen molar-refractivity contribution in [3.63, 3.8) is 0 Å². The Morgan fingerprint density at radius 3 is 2.14 bits per heavy atom. The van der Waals surface area contributed by atoms with E-state index < -0.39 is 6.04 Å². The Morgan fingerprint density at radius 1 is 0.861 bits per heavy atom. The van der Waals surface area contributed by atoms with Gasteiger partial charge in [-0.15, -0.1) is 0 Å². The Balaban J connectivity index is 1.79. The quantitative estimate of drug-likeness (QED) is 0.340. The van der Waals surface area contributed by atoms with Crippen LogP contribution in [0.1, 0.15) is 23.6 Å². The third-order valence-electron chi connectivity index (χ3n) is 5.70. The van der Waals surface area contributed by atoms with E-state index >= 15 is 0 Å². The van der Waals surface area contributed by atoms with Crippen LogP contribution in [0.5, 0.6) is 11.5 Å². The van der Waals surface area contributed by atoms with Gasteiger partial charge in [0.05, 0.1) is 20.6 Å². The molecule has 1 N–H and O–H groups in total. The van der Waals surface area contributed by atoms with E-state index in [1.807, 2.05) is 12.1 Å². The zero-order valence-electron chi connectivity index (χ0n) is 20.2. The third kappa shape index (κ3) is 7.29. The summed E-state index contributed by atoms with van der Waals surface area (Å²) in [7, 11) is 3.09. The van der Waals surface area contributed by atoms with Gasteiger partial charge >= 0.3 is 0 Å². The van der Waals surface area contributed by atoms with E-state index in [-0.39, 0.29) is 31.3 Å². The molecule has 36 heavy (non-hydrogen) atoms. The van der Waals surface area contributed by atoms with Crippen molar-refractivity contribution >= 4 is 46.6 Å². The SMILES string of the molecule is COc1ccc(CC(=O)N(Cc2ccc(Cl)cc2)C(C)C(=O)NCc2ccc(Cl)cc2Cl)cc1OC. The predicted octanol–water partition coefficient (Wildman–Crippen LogP) is 5.94. The highest BCUT2D eigenvalue weighted by Gasteiger charge is 2.26. The average molecular weight is 550 g/mol. The molecule has 0 aliphatic heterocycles. The number of hydrogen-bond acceptors (Lipinski definition) is 4. The summed E-state index contributed by atoms with van der Waals surface area (Å²) >= 11 is 18.2. The second-order valence-corrected chi connectivity index (χ2v) is 9.42. The molecule has 3 rings (SSSR count). The summed E-state index contributed by atoms with van der Waals surface area (Å²) in [6, 6.07) is 16.8. The van der Waals surface area contributed by atoms with Crippen molar-refractivity contribution in [3.05, 3.63) is 92.4 Å². The van der Waals surface area contributed by atoms with Gasteiger partial charge in [0.1, 0.15) is 6.04 Å². The molecule has 0 fully saturated rings. The molecule has 2 amide bonds. The number of methoxy groups -OCH3 is 2. The van der Waals surface area contributed by atoms with Crippen LogP contribution in [0.2, 0.25) is 15.1 Å². The Kier molecular flexibility index (Phi) is 9.88. The van der Waals surface area contributed by atoms with Gasteiger partial charge in [0.25, 0.3) is 0 Å². The highest BCUT2D eigenvalue weighted by atomic mass is 35.5. The van der Waals surface area contributed by atoms with Crippen molar-refractivity contribution in [2.45, 2.75) is 32.5 Å². The van der Waals surface area contributed by atoms with E-state index in [4.69, 9.17) is 44.3 Å². The molecule has 0 radical (unpaired) electrons. The minimum atomic E-state index is -0.751. The minimum Gasteiger partial charge on any atom is -0.493 e. The lowest BCUT2D eigenvalue weighted by Crippen LogP contribution is -2.48. The van der Waals surface area contributed by atoms with Gasteiger partial charge < -0.3 is 19.7 Å². The molecule has 3 aromatic carbocycles. The number of ether oxygens (including phenoxy) is 2. The summed E-state index contributed by atoms with van der Waals surface area (Å²) in [5.41, 5.74) is 2.31. The van der Waals surface area contributed by atoms with Crippen molar-refractivity contribution in [2.24, 2.45) is 0 Å². The van der Waals surface area contributed by atoms with Gasteiger partial charge in [-0.25, -0.2) is 0 Å². The number of benzene rings is 3. The molecule has 0 saturated carbocycles. The molecule has 0 aliphatic rings. The van der Waals surface area contributed by atoms with E-state index in [0.29, 0.717) is 26.6 Å². The maximum absolute atomic E-state index is 13.5. The van der Waals surface area contributed by atoms with Crippen molar-refractivity contribution in [2.75, 3.05) is 14.2 Å². The van der Waals surface area contributed by atoms with Crippen LogP contribution in [0.4, 0.5) is 0 Å². The Labute approximate surface area is 226 Å². The summed E-state index contributed by atoms with van der Waals surface area (Å²) in [5.74, 6) is 0.568. The van der Waals surface area contributed by atoms with Gasteiger partial charge in [-0.2, -0.15) is 0 Å². The number of rotatable bonds is 10. The fraction of sp³-hybridized carbons (Fsp3) is 0.259. The van der Waals surface area contributed by atoms with Gasteiger partial charge in [-0.1, -0.05) is 59.1 Å². The smallest absolute Gasteiger partial charge is 0.242 e. The lowest BCUT2D eigenvalue weighted by atomic mass is 10.1. The third-order valence-corrected chi connectivity index (χ3v) is 6.54. The van der Waals surface area contributed by atoms with E-state index in [2.05, 4.69) is 5.32 Å². The van der Waals surface area contributed by atoms with Crippen LogP contribution >= 0.6 is 34.8 Å². The van der Waals surface area contributed by atoms with Crippen LogP contribution in [0.3, 0.4) is 0 Å².